The summed E-state index contributed by atoms with van der Waals surface area (Å²) in [5.41, 5.74) is 3.96. The number of anilines is 1. The lowest BCUT2D eigenvalue weighted by atomic mass is 10.1. The molecular weight excluding hydrogens is 250 g/mol. The highest BCUT2D eigenvalue weighted by Crippen LogP contribution is 2.23. The van der Waals surface area contributed by atoms with Crippen molar-refractivity contribution >= 4 is 5.69 Å². The lowest BCUT2D eigenvalue weighted by Gasteiger charge is -2.30. The highest BCUT2D eigenvalue weighted by atomic mass is 16.5. The Kier molecular flexibility index (Phi) is 5.56. The van der Waals surface area contributed by atoms with Crippen molar-refractivity contribution in [3.05, 3.63) is 35.7 Å². The van der Waals surface area contributed by atoms with Gasteiger partial charge in [0.1, 0.15) is 0 Å². The van der Waals surface area contributed by atoms with Gasteiger partial charge in [-0.15, -0.1) is 0 Å². The van der Waals surface area contributed by atoms with Crippen LogP contribution >= 0.6 is 0 Å². The van der Waals surface area contributed by atoms with E-state index in [4.69, 9.17) is 4.74 Å². The summed E-state index contributed by atoms with van der Waals surface area (Å²) in [6.07, 6.45) is 7.20. The predicted molar refractivity (Wildman–Crippen MR) is 83.0 cm³/mol. The molecule has 0 radical (unpaired) electrons. The van der Waals surface area contributed by atoms with Gasteiger partial charge in [0.15, 0.2) is 0 Å². The number of nitrogens with zero attached hydrogens (tertiary/aromatic N) is 2. The number of ether oxygens (including phenoxy) is 1. The molecule has 0 amide bonds. The van der Waals surface area contributed by atoms with Crippen molar-refractivity contribution in [1.29, 1.82) is 0 Å². The van der Waals surface area contributed by atoms with Crippen molar-refractivity contribution in [2.24, 2.45) is 0 Å². The minimum Gasteiger partial charge on any atom is -0.380 e. The summed E-state index contributed by atoms with van der Waals surface area (Å²) in [5, 5.41) is 3.48. The monoisotopic (exact) mass is 275 g/mol. The van der Waals surface area contributed by atoms with Crippen LogP contribution in [0.4, 0.5) is 5.69 Å². The molecule has 1 N–H and O–H groups in total. The average molecular weight is 275 g/mol. The Morgan fingerprint density at radius 2 is 2.30 bits per heavy atom. The molecule has 4 heteroatoms. The first kappa shape index (κ1) is 15.0. The smallest absolute Gasteiger partial charge is 0.0674 e. The molecule has 0 saturated carbocycles. The van der Waals surface area contributed by atoms with Crippen LogP contribution in [0, 0.1) is 0 Å². The molecule has 0 saturated heterocycles. The van der Waals surface area contributed by atoms with Crippen LogP contribution in [0.2, 0.25) is 0 Å². The third-order valence-electron chi connectivity index (χ3n) is 3.56. The molecule has 0 bridgehead atoms. The highest BCUT2D eigenvalue weighted by molar-refractivity contribution is 5.53. The third-order valence-corrected chi connectivity index (χ3v) is 3.56. The van der Waals surface area contributed by atoms with E-state index in [0.717, 1.165) is 32.7 Å². The quantitative estimate of drug-likeness (QED) is 0.809. The van der Waals surface area contributed by atoms with Gasteiger partial charge in [-0.25, -0.2) is 0 Å². The van der Waals surface area contributed by atoms with Crippen molar-refractivity contribution < 1.29 is 4.74 Å². The van der Waals surface area contributed by atoms with Crippen molar-refractivity contribution in [2.45, 2.75) is 32.9 Å². The maximum Gasteiger partial charge on any atom is 0.0674 e. The van der Waals surface area contributed by atoms with Crippen LogP contribution in [-0.2, 0) is 11.3 Å². The number of nitrogens with one attached hydrogen (secondary N) is 1. The van der Waals surface area contributed by atoms with E-state index >= 15 is 0 Å². The van der Waals surface area contributed by atoms with Crippen LogP contribution in [0.15, 0.2) is 30.1 Å². The molecule has 2 heterocycles. The Labute approximate surface area is 121 Å². The van der Waals surface area contributed by atoms with Gasteiger partial charge in [-0.1, -0.05) is 19.9 Å². The lowest BCUT2D eigenvalue weighted by molar-refractivity contribution is 0.222. The zero-order valence-corrected chi connectivity index (χ0v) is 12.7. The van der Waals surface area contributed by atoms with Gasteiger partial charge < -0.3 is 15.0 Å². The fourth-order valence-corrected chi connectivity index (χ4v) is 2.41. The van der Waals surface area contributed by atoms with Crippen LogP contribution in [0.5, 0.6) is 0 Å². The number of methoxy groups -OCH3 is 1. The summed E-state index contributed by atoms with van der Waals surface area (Å²) in [6.45, 7) is 7.96. The SMILES string of the molecule is COCC1=CCN(c2cnccc2CNC(C)C)CC1. The summed E-state index contributed by atoms with van der Waals surface area (Å²) >= 11 is 0. The third kappa shape index (κ3) is 4.05. The van der Waals surface area contributed by atoms with E-state index in [1.807, 2.05) is 12.4 Å². The molecule has 110 valence electrons. The molecule has 2 rings (SSSR count). The van der Waals surface area contributed by atoms with E-state index in [9.17, 15) is 0 Å². The van der Waals surface area contributed by atoms with E-state index in [1.165, 1.54) is 16.8 Å². The van der Waals surface area contributed by atoms with Crippen LogP contribution in [0.25, 0.3) is 0 Å². The fraction of sp³-hybridized carbons (Fsp3) is 0.562. The first-order valence-corrected chi connectivity index (χ1v) is 7.28. The maximum atomic E-state index is 5.20. The number of hydrogen-bond acceptors (Lipinski definition) is 4. The second kappa shape index (κ2) is 7.41. The van der Waals surface area contributed by atoms with Crippen LogP contribution in [0.3, 0.4) is 0 Å². The number of rotatable bonds is 6. The normalized spacial score (nSPS) is 15.6. The average Bonchev–Trinajstić information content (AvgIpc) is 2.47. The van der Waals surface area contributed by atoms with Gasteiger partial charge in [0, 0.05) is 39.0 Å². The van der Waals surface area contributed by atoms with Gasteiger partial charge in [-0.2, -0.15) is 0 Å². The fourth-order valence-electron chi connectivity index (χ4n) is 2.41. The second-order valence-electron chi connectivity index (χ2n) is 5.53. The molecule has 0 aliphatic carbocycles. The Bertz CT molecular complexity index is 457. The topological polar surface area (TPSA) is 37.4 Å². The van der Waals surface area contributed by atoms with Crippen LogP contribution < -0.4 is 10.2 Å². The van der Waals surface area contributed by atoms with Crippen molar-refractivity contribution in [3.8, 4) is 0 Å². The van der Waals surface area contributed by atoms with Gasteiger partial charge in [-0.05, 0) is 23.6 Å². The Morgan fingerprint density at radius 1 is 1.45 bits per heavy atom. The molecule has 1 aromatic heterocycles. The summed E-state index contributed by atoms with van der Waals surface area (Å²) in [5.74, 6) is 0. The molecule has 0 unspecified atom stereocenters. The first-order chi connectivity index (χ1) is 9.70. The van der Waals surface area contributed by atoms with Crippen molar-refractivity contribution in [3.63, 3.8) is 0 Å². The standard InChI is InChI=1S/C16H25N3O/c1-13(2)18-10-15-4-7-17-11-16(15)19-8-5-14(6-9-19)12-20-3/h4-5,7,11,13,18H,6,8-10,12H2,1-3H3. The van der Waals surface area contributed by atoms with E-state index in [-0.39, 0.29) is 0 Å². The summed E-state index contributed by atoms with van der Waals surface area (Å²) in [4.78, 5) is 6.68. The highest BCUT2D eigenvalue weighted by Gasteiger charge is 2.15. The molecule has 1 aliphatic rings. The van der Waals surface area contributed by atoms with E-state index in [0.29, 0.717) is 6.04 Å². The minimum absolute atomic E-state index is 0.491. The van der Waals surface area contributed by atoms with Gasteiger partial charge in [0.2, 0.25) is 0 Å². The molecule has 20 heavy (non-hydrogen) atoms. The van der Waals surface area contributed by atoms with Crippen molar-refractivity contribution in [2.75, 3.05) is 31.7 Å². The molecule has 4 nitrogen and oxygen atoms in total. The second-order valence-corrected chi connectivity index (χ2v) is 5.53. The summed E-state index contributed by atoms with van der Waals surface area (Å²) in [7, 11) is 1.75. The Morgan fingerprint density at radius 3 is 2.95 bits per heavy atom. The van der Waals surface area contributed by atoms with E-state index < -0.39 is 0 Å². The molecule has 1 aromatic rings. The number of pyridine rings is 1. The summed E-state index contributed by atoms with van der Waals surface area (Å²) in [6, 6.07) is 2.60. The van der Waals surface area contributed by atoms with E-state index in [2.05, 4.69) is 41.2 Å². The maximum absolute atomic E-state index is 5.20. The minimum atomic E-state index is 0.491. The lowest BCUT2D eigenvalue weighted by Crippen LogP contribution is -2.31. The zero-order valence-electron chi connectivity index (χ0n) is 12.7. The number of hydrogen-bond donors (Lipinski definition) is 1. The van der Waals surface area contributed by atoms with Gasteiger partial charge in [-0.3, -0.25) is 4.98 Å². The molecule has 0 atom stereocenters. The molecule has 0 spiro atoms. The predicted octanol–water partition coefficient (Wildman–Crippen LogP) is 2.36. The Balaban J connectivity index is 2.05. The largest absolute Gasteiger partial charge is 0.380 e. The Hall–Kier alpha value is -1.39. The van der Waals surface area contributed by atoms with E-state index in [1.54, 1.807) is 7.11 Å². The molecular formula is C16H25N3O. The molecule has 0 aromatic carbocycles. The van der Waals surface area contributed by atoms with Gasteiger partial charge in [0.05, 0.1) is 18.5 Å². The number of aromatic nitrogens is 1. The first-order valence-electron chi connectivity index (χ1n) is 7.28. The van der Waals surface area contributed by atoms with Crippen molar-refractivity contribution in [1.82, 2.24) is 10.3 Å². The van der Waals surface area contributed by atoms with Crippen LogP contribution in [0.1, 0.15) is 25.8 Å². The molecule has 0 fully saturated rings. The van der Waals surface area contributed by atoms with Crippen LogP contribution in [-0.4, -0.2) is 37.8 Å². The van der Waals surface area contributed by atoms with Gasteiger partial charge in [0.25, 0.3) is 0 Å². The molecule has 1 aliphatic heterocycles. The van der Waals surface area contributed by atoms with Gasteiger partial charge >= 0.3 is 0 Å². The zero-order chi connectivity index (χ0) is 14.4. The summed E-state index contributed by atoms with van der Waals surface area (Å²) < 4.78 is 5.20.